The molecule has 0 saturated heterocycles. The van der Waals surface area contributed by atoms with Crippen molar-refractivity contribution < 1.29 is 4.79 Å². The Kier molecular flexibility index (Phi) is 4.40. The van der Waals surface area contributed by atoms with Crippen molar-refractivity contribution >= 4 is 11.6 Å². The Morgan fingerprint density at radius 2 is 1.62 bits per heavy atom. The van der Waals surface area contributed by atoms with Crippen LogP contribution in [0.5, 0.6) is 0 Å². The van der Waals surface area contributed by atoms with Gasteiger partial charge in [0.25, 0.3) is 0 Å². The topological polar surface area (TPSA) is 29.1 Å². The van der Waals surface area contributed by atoms with E-state index in [4.69, 9.17) is 0 Å². The van der Waals surface area contributed by atoms with E-state index in [0.717, 1.165) is 36.3 Å². The molecule has 1 aromatic carbocycles. The normalized spacial score (nSPS) is 33.6. The molecule has 1 aromatic rings. The highest BCUT2D eigenvalue weighted by molar-refractivity contribution is 5.91. The second-order valence-corrected chi connectivity index (χ2v) is 8.94. The average Bonchev–Trinajstić information content (AvgIpc) is 2.52. The van der Waals surface area contributed by atoms with Gasteiger partial charge in [-0.25, -0.2) is 0 Å². The maximum atomic E-state index is 12.6. The van der Waals surface area contributed by atoms with E-state index >= 15 is 0 Å². The maximum absolute atomic E-state index is 12.6. The summed E-state index contributed by atoms with van der Waals surface area (Å²) in [4.78, 5) is 12.6. The van der Waals surface area contributed by atoms with Crippen molar-refractivity contribution in [3.8, 4) is 0 Å². The molecule has 1 N–H and O–H groups in total. The molecule has 0 radical (unpaired) electrons. The molecule has 2 nitrogen and oxygen atoms in total. The van der Waals surface area contributed by atoms with Gasteiger partial charge in [-0.05, 0) is 92.2 Å². The number of rotatable bonds is 6. The summed E-state index contributed by atoms with van der Waals surface area (Å²) in [6.07, 6.45) is 12.6. The van der Waals surface area contributed by atoms with E-state index in [1.807, 2.05) is 0 Å². The number of benzene rings is 1. The van der Waals surface area contributed by atoms with Crippen molar-refractivity contribution in [3.05, 3.63) is 29.8 Å². The van der Waals surface area contributed by atoms with Gasteiger partial charge in [0.2, 0.25) is 5.91 Å². The monoisotopic (exact) mass is 325 g/mol. The van der Waals surface area contributed by atoms with E-state index in [-0.39, 0.29) is 5.91 Å². The summed E-state index contributed by atoms with van der Waals surface area (Å²) in [6.45, 7) is 2.22. The Bertz CT molecular complexity index is 553. The third-order valence-corrected chi connectivity index (χ3v) is 6.76. The SMILES string of the molecule is CCCCc1ccc(NC(=O)CC23CC4CC(CC(C4)C2)C3)cc1. The third kappa shape index (κ3) is 3.38. The van der Waals surface area contributed by atoms with E-state index in [1.54, 1.807) is 0 Å². The smallest absolute Gasteiger partial charge is 0.224 e. The van der Waals surface area contributed by atoms with Crippen LogP contribution in [0.3, 0.4) is 0 Å². The largest absolute Gasteiger partial charge is 0.326 e. The highest BCUT2D eigenvalue weighted by Crippen LogP contribution is 2.61. The molecule has 130 valence electrons. The first-order valence-corrected chi connectivity index (χ1v) is 10.0. The van der Waals surface area contributed by atoms with Crippen molar-refractivity contribution in [3.63, 3.8) is 0 Å². The molecule has 4 saturated carbocycles. The van der Waals surface area contributed by atoms with Crippen LogP contribution in [0, 0.1) is 23.2 Å². The number of anilines is 1. The first-order chi connectivity index (χ1) is 11.6. The number of hydrogen-bond acceptors (Lipinski definition) is 1. The Balaban J connectivity index is 1.35. The summed E-state index contributed by atoms with van der Waals surface area (Å²) in [6, 6.07) is 8.47. The number of carbonyl (C=O) groups is 1. The van der Waals surface area contributed by atoms with E-state index in [9.17, 15) is 4.79 Å². The molecule has 4 bridgehead atoms. The van der Waals surface area contributed by atoms with Gasteiger partial charge in [0, 0.05) is 12.1 Å². The van der Waals surface area contributed by atoms with Gasteiger partial charge in [0.15, 0.2) is 0 Å². The fourth-order valence-corrected chi connectivity index (χ4v) is 6.19. The number of amides is 1. The highest BCUT2D eigenvalue weighted by Gasteiger charge is 2.51. The minimum atomic E-state index is 0.234. The zero-order valence-electron chi connectivity index (χ0n) is 15.0. The third-order valence-electron chi connectivity index (χ3n) is 6.76. The van der Waals surface area contributed by atoms with Crippen LogP contribution in [-0.4, -0.2) is 5.91 Å². The molecule has 0 heterocycles. The summed E-state index contributed by atoms with van der Waals surface area (Å²) in [5.41, 5.74) is 2.67. The van der Waals surface area contributed by atoms with Gasteiger partial charge in [-0.15, -0.1) is 0 Å². The molecule has 0 spiro atoms. The van der Waals surface area contributed by atoms with Crippen molar-refractivity contribution in [1.82, 2.24) is 0 Å². The first-order valence-electron chi connectivity index (χ1n) is 10.0. The molecule has 1 amide bonds. The van der Waals surface area contributed by atoms with Crippen LogP contribution in [0.4, 0.5) is 5.69 Å². The minimum Gasteiger partial charge on any atom is -0.326 e. The second-order valence-electron chi connectivity index (χ2n) is 8.94. The molecular weight excluding hydrogens is 294 g/mol. The molecule has 4 aliphatic rings. The van der Waals surface area contributed by atoms with Crippen molar-refractivity contribution in [1.29, 1.82) is 0 Å². The summed E-state index contributed by atoms with van der Waals surface area (Å²) in [7, 11) is 0. The second kappa shape index (κ2) is 6.54. The minimum absolute atomic E-state index is 0.234. The molecule has 0 atom stereocenters. The molecule has 4 aliphatic carbocycles. The lowest BCUT2D eigenvalue weighted by molar-refractivity contribution is -0.124. The molecular formula is C22H31NO. The lowest BCUT2D eigenvalue weighted by Crippen LogP contribution is -2.47. The summed E-state index contributed by atoms with van der Waals surface area (Å²) in [5, 5.41) is 3.16. The fourth-order valence-electron chi connectivity index (χ4n) is 6.19. The Morgan fingerprint density at radius 1 is 1.04 bits per heavy atom. The van der Waals surface area contributed by atoms with Crippen LogP contribution in [0.1, 0.15) is 70.3 Å². The van der Waals surface area contributed by atoms with Gasteiger partial charge in [0.05, 0.1) is 0 Å². The average molecular weight is 325 g/mol. The fraction of sp³-hybridized carbons (Fsp3) is 0.682. The highest BCUT2D eigenvalue weighted by atomic mass is 16.1. The molecule has 5 rings (SSSR count). The van der Waals surface area contributed by atoms with Crippen LogP contribution in [0.15, 0.2) is 24.3 Å². The zero-order valence-corrected chi connectivity index (χ0v) is 15.0. The zero-order chi connectivity index (χ0) is 16.6. The molecule has 4 fully saturated rings. The van der Waals surface area contributed by atoms with Crippen LogP contribution >= 0.6 is 0 Å². The van der Waals surface area contributed by atoms with Crippen LogP contribution in [-0.2, 0) is 11.2 Å². The number of nitrogens with one attached hydrogen (secondary N) is 1. The van der Waals surface area contributed by atoms with Gasteiger partial charge in [-0.3, -0.25) is 4.79 Å². The van der Waals surface area contributed by atoms with Crippen LogP contribution in [0.2, 0.25) is 0 Å². The Morgan fingerprint density at radius 3 is 2.17 bits per heavy atom. The van der Waals surface area contributed by atoms with Crippen LogP contribution < -0.4 is 5.32 Å². The van der Waals surface area contributed by atoms with Gasteiger partial charge in [0.1, 0.15) is 0 Å². The number of carbonyl (C=O) groups excluding carboxylic acids is 1. The van der Waals surface area contributed by atoms with Gasteiger partial charge in [-0.2, -0.15) is 0 Å². The first kappa shape index (κ1) is 16.2. The van der Waals surface area contributed by atoms with Crippen molar-refractivity contribution in [2.24, 2.45) is 23.2 Å². The molecule has 24 heavy (non-hydrogen) atoms. The van der Waals surface area contributed by atoms with E-state index in [0.29, 0.717) is 5.41 Å². The molecule has 0 unspecified atom stereocenters. The number of unbranched alkanes of at least 4 members (excludes halogenated alkanes) is 1. The van der Waals surface area contributed by atoms with Crippen LogP contribution in [0.25, 0.3) is 0 Å². The Hall–Kier alpha value is -1.31. The Labute approximate surface area is 146 Å². The standard InChI is InChI=1S/C22H31NO/c1-2-3-4-16-5-7-20(8-6-16)23-21(24)15-22-12-17-9-18(13-22)11-19(10-17)14-22/h5-8,17-19H,2-4,9-15H2,1H3,(H,23,24). The molecule has 0 aliphatic heterocycles. The molecule has 0 aromatic heterocycles. The maximum Gasteiger partial charge on any atom is 0.224 e. The van der Waals surface area contributed by atoms with Gasteiger partial charge in [-0.1, -0.05) is 25.5 Å². The summed E-state index contributed by atoms with van der Waals surface area (Å²) >= 11 is 0. The van der Waals surface area contributed by atoms with Gasteiger partial charge >= 0.3 is 0 Å². The quantitative estimate of drug-likeness (QED) is 0.727. The van der Waals surface area contributed by atoms with E-state index in [1.165, 1.54) is 56.9 Å². The molecule has 2 heteroatoms. The predicted molar refractivity (Wildman–Crippen MR) is 98.9 cm³/mol. The van der Waals surface area contributed by atoms with E-state index < -0.39 is 0 Å². The lowest BCUT2D eigenvalue weighted by Gasteiger charge is -2.56. The van der Waals surface area contributed by atoms with Crippen molar-refractivity contribution in [2.45, 2.75) is 71.1 Å². The summed E-state index contributed by atoms with van der Waals surface area (Å²) < 4.78 is 0. The number of aryl methyl sites for hydroxylation is 1. The number of hydrogen-bond donors (Lipinski definition) is 1. The van der Waals surface area contributed by atoms with Crippen molar-refractivity contribution in [2.75, 3.05) is 5.32 Å². The predicted octanol–water partition coefficient (Wildman–Crippen LogP) is 5.57. The summed E-state index contributed by atoms with van der Waals surface area (Å²) in [5.74, 6) is 2.99. The lowest BCUT2D eigenvalue weighted by atomic mass is 9.49. The van der Waals surface area contributed by atoms with Gasteiger partial charge < -0.3 is 5.32 Å². The van der Waals surface area contributed by atoms with E-state index in [2.05, 4.69) is 36.5 Å².